The molecule has 0 N–H and O–H groups in total. The number of nitrogens with zero attached hydrogens (tertiary/aromatic N) is 6. The first-order valence-electron chi connectivity index (χ1n) is 13.3. The Bertz CT molecular complexity index is 1510. The first-order chi connectivity index (χ1) is 18.5. The molecule has 5 rings (SSSR count). The number of hydrogen-bond donors (Lipinski definition) is 0. The second kappa shape index (κ2) is 11.8. The fourth-order valence-corrected chi connectivity index (χ4v) is 4.69. The molecule has 0 aliphatic rings. The molecule has 0 radical (unpaired) electrons. The highest BCUT2D eigenvalue weighted by molar-refractivity contribution is 6.09. The number of benzene rings is 3. The largest absolute Gasteiger partial charge is 0.309 e. The summed E-state index contributed by atoms with van der Waals surface area (Å²) in [5, 5.41) is 4.42. The summed E-state index contributed by atoms with van der Waals surface area (Å²) < 4.78 is 0. The van der Waals surface area contributed by atoms with E-state index in [-0.39, 0.29) is 0 Å². The van der Waals surface area contributed by atoms with Crippen molar-refractivity contribution in [3.8, 4) is 0 Å². The standard InChI is InChI=1S/C32H36N6/c1-37(2)15-5-13-33-21-23-7-11-29-27(17-23)19-25-9-10-26-20-28-18-24(22-34-14-6-16-38(3)4)8-12-30(28)36-32(26)31(25)35-29/h7-12,17-22H,5-6,13-16H2,1-4H3. The van der Waals surface area contributed by atoms with Crippen molar-refractivity contribution in [2.75, 3.05) is 54.4 Å². The Balaban J connectivity index is 1.41. The lowest BCUT2D eigenvalue weighted by Gasteiger charge is -2.08. The normalized spacial score (nSPS) is 12.6. The maximum atomic E-state index is 5.03. The van der Waals surface area contributed by atoms with E-state index in [1.165, 1.54) is 0 Å². The van der Waals surface area contributed by atoms with Gasteiger partial charge in [-0.3, -0.25) is 9.98 Å². The topological polar surface area (TPSA) is 57.0 Å². The van der Waals surface area contributed by atoms with Gasteiger partial charge < -0.3 is 9.80 Å². The Morgan fingerprint density at radius 3 is 1.45 bits per heavy atom. The Hall–Kier alpha value is -3.74. The van der Waals surface area contributed by atoms with Crippen molar-refractivity contribution in [2.24, 2.45) is 9.98 Å². The minimum atomic E-state index is 0.836. The first kappa shape index (κ1) is 25.9. The smallest absolute Gasteiger partial charge is 0.0972 e. The molecule has 0 spiro atoms. The summed E-state index contributed by atoms with van der Waals surface area (Å²) in [4.78, 5) is 23.6. The van der Waals surface area contributed by atoms with E-state index in [1.807, 2.05) is 12.4 Å². The van der Waals surface area contributed by atoms with Crippen LogP contribution in [0.2, 0.25) is 0 Å². The van der Waals surface area contributed by atoms with Crippen LogP contribution in [0, 0.1) is 0 Å². The number of fused-ring (bicyclic) bond motifs is 5. The third-order valence-electron chi connectivity index (χ3n) is 6.67. The van der Waals surface area contributed by atoms with Crippen LogP contribution in [0.1, 0.15) is 24.0 Å². The predicted octanol–water partition coefficient (Wildman–Crippen LogP) is 5.83. The van der Waals surface area contributed by atoms with Crippen LogP contribution in [0.25, 0.3) is 43.6 Å². The van der Waals surface area contributed by atoms with Crippen molar-refractivity contribution in [2.45, 2.75) is 12.8 Å². The van der Waals surface area contributed by atoms with Gasteiger partial charge in [0.15, 0.2) is 0 Å². The van der Waals surface area contributed by atoms with Gasteiger partial charge in [0.2, 0.25) is 0 Å². The van der Waals surface area contributed by atoms with E-state index in [1.54, 1.807) is 0 Å². The molecule has 0 saturated carbocycles. The van der Waals surface area contributed by atoms with Gasteiger partial charge in [-0.25, -0.2) is 9.97 Å². The maximum Gasteiger partial charge on any atom is 0.0972 e. The molecule has 0 aliphatic carbocycles. The van der Waals surface area contributed by atoms with Crippen LogP contribution in [0.5, 0.6) is 0 Å². The summed E-state index contributed by atoms with van der Waals surface area (Å²) in [6, 6.07) is 21.4. The maximum absolute atomic E-state index is 5.03. The predicted molar refractivity (Wildman–Crippen MR) is 163 cm³/mol. The van der Waals surface area contributed by atoms with Crippen LogP contribution in [0.4, 0.5) is 0 Å². The summed E-state index contributed by atoms with van der Waals surface area (Å²) >= 11 is 0. The van der Waals surface area contributed by atoms with Gasteiger partial charge in [-0.15, -0.1) is 0 Å². The molecule has 2 heterocycles. The van der Waals surface area contributed by atoms with Gasteiger partial charge in [-0.1, -0.05) is 24.3 Å². The van der Waals surface area contributed by atoms with Crippen molar-refractivity contribution < 1.29 is 0 Å². The third-order valence-corrected chi connectivity index (χ3v) is 6.67. The van der Waals surface area contributed by atoms with Crippen molar-refractivity contribution in [1.29, 1.82) is 0 Å². The van der Waals surface area contributed by atoms with E-state index in [0.717, 1.165) is 93.8 Å². The molecule has 0 saturated heterocycles. The third kappa shape index (κ3) is 6.21. The highest BCUT2D eigenvalue weighted by Gasteiger charge is 2.08. The fraction of sp³-hybridized carbons (Fsp3) is 0.312. The van der Waals surface area contributed by atoms with Crippen LogP contribution < -0.4 is 0 Å². The van der Waals surface area contributed by atoms with Gasteiger partial charge in [-0.05, 0) is 102 Å². The van der Waals surface area contributed by atoms with Crippen molar-refractivity contribution >= 4 is 56.0 Å². The summed E-state index contributed by atoms with van der Waals surface area (Å²) in [5.41, 5.74) is 6.02. The Morgan fingerprint density at radius 1 is 0.579 bits per heavy atom. The van der Waals surface area contributed by atoms with E-state index in [0.29, 0.717) is 0 Å². The van der Waals surface area contributed by atoms with Gasteiger partial charge in [0, 0.05) is 47.1 Å². The highest BCUT2D eigenvalue weighted by Crippen LogP contribution is 2.29. The quantitative estimate of drug-likeness (QED) is 0.104. The molecule has 0 bridgehead atoms. The number of rotatable bonds is 10. The van der Waals surface area contributed by atoms with Gasteiger partial charge in [0.25, 0.3) is 0 Å². The molecule has 0 aliphatic heterocycles. The minimum Gasteiger partial charge on any atom is -0.309 e. The zero-order valence-corrected chi connectivity index (χ0v) is 22.9. The summed E-state index contributed by atoms with van der Waals surface area (Å²) in [7, 11) is 8.36. The lowest BCUT2D eigenvalue weighted by atomic mass is 10.0. The number of aromatic nitrogens is 2. The van der Waals surface area contributed by atoms with Gasteiger partial charge in [0.05, 0.1) is 22.1 Å². The molecule has 0 atom stereocenters. The molecule has 38 heavy (non-hydrogen) atoms. The summed E-state index contributed by atoms with van der Waals surface area (Å²) in [5.74, 6) is 0. The molecule has 6 nitrogen and oxygen atoms in total. The molecule has 194 valence electrons. The van der Waals surface area contributed by atoms with Crippen molar-refractivity contribution in [1.82, 2.24) is 19.8 Å². The minimum absolute atomic E-state index is 0.836. The lowest BCUT2D eigenvalue weighted by molar-refractivity contribution is 0.403. The van der Waals surface area contributed by atoms with E-state index < -0.39 is 0 Å². The summed E-state index contributed by atoms with van der Waals surface area (Å²) in [6.07, 6.45) is 6.06. The van der Waals surface area contributed by atoms with Crippen molar-refractivity contribution in [3.05, 3.63) is 71.8 Å². The van der Waals surface area contributed by atoms with Crippen LogP contribution >= 0.6 is 0 Å². The Morgan fingerprint density at radius 2 is 1.03 bits per heavy atom. The molecule has 6 heteroatoms. The zero-order valence-electron chi connectivity index (χ0n) is 22.9. The van der Waals surface area contributed by atoms with Gasteiger partial charge in [0.1, 0.15) is 0 Å². The number of hydrogen-bond acceptors (Lipinski definition) is 6. The fourth-order valence-electron chi connectivity index (χ4n) is 4.69. The second-order valence-electron chi connectivity index (χ2n) is 10.5. The van der Waals surface area contributed by atoms with E-state index in [2.05, 4.69) is 109 Å². The molecule has 2 aromatic heterocycles. The lowest BCUT2D eigenvalue weighted by Crippen LogP contribution is -2.13. The monoisotopic (exact) mass is 504 g/mol. The average molecular weight is 505 g/mol. The molecular weight excluding hydrogens is 468 g/mol. The molecule has 0 amide bonds. The van der Waals surface area contributed by atoms with E-state index in [9.17, 15) is 0 Å². The van der Waals surface area contributed by atoms with Crippen LogP contribution in [-0.4, -0.2) is 86.6 Å². The zero-order chi connectivity index (χ0) is 26.5. The van der Waals surface area contributed by atoms with E-state index in [4.69, 9.17) is 9.97 Å². The molecular formula is C32H36N6. The SMILES string of the molecule is CN(C)CCCN=Cc1ccc2nc3c(ccc4cc5cc(C=NCCCN(C)C)ccc5nc43)cc2c1. The average Bonchev–Trinajstić information content (AvgIpc) is 2.90. The van der Waals surface area contributed by atoms with Gasteiger partial charge >= 0.3 is 0 Å². The molecule has 3 aromatic carbocycles. The first-order valence-corrected chi connectivity index (χ1v) is 13.3. The highest BCUT2D eigenvalue weighted by atomic mass is 15.1. The second-order valence-corrected chi connectivity index (χ2v) is 10.5. The molecule has 0 fully saturated rings. The van der Waals surface area contributed by atoms with Crippen LogP contribution in [0.3, 0.4) is 0 Å². The van der Waals surface area contributed by atoms with Gasteiger partial charge in [-0.2, -0.15) is 0 Å². The van der Waals surface area contributed by atoms with E-state index >= 15 is 0 Å². The Kier molecular flexibility index (Phi) is 8.01. The van der Waals surface area contributed by atoms with Crippen LogP contribution in [0.15, 0.2) is 70.6 Å². The number of aliphatic imine (C=N–C) groups is 2. The summed E-state index contributed by atoms with van der Waals surface area (Å²) in [6.45, 7) is 3.77. The van der Waals surface area contributed by atoms with Crippen LogP contribution in [-0.2, 0) is 0 Å². The molecule has 5 aromatic rings. The molecule has 0 unspecified atom stereocenters. The Labute approximate surface area is 224 Å². The van der Waals surface area contributed by atoms with Crippen molar-refractivity contribution in [3.63, 3.8) is 0 Å². The number of pyridine rings is 2.